The molecule has 0 aromatic heterocycles. The molecule has 1 fully saturated rings. The van der Waals surface area contributed by atoms with Crippen LogP contribution in [0.25, 0.3) is 0 Å². The summed E-state index contributed by atoms with van der Waals surface area (Å²) in [5, 5.41) is 0. The summed E-state index contributed by atoms with van der Waals surface area (Å²) in [4.78, 5) is 11.7. The van der Waals surface area contributed by atoms with Crippen molar-refractivity contribution in [3.8, 4) is 5.75 Å². The summed E-state index contributed by atoms with van der Waals surface area (Å²) in [6.07, 6.45) is 5.16. The number of cyclic esters (lactones) is 1. The van der Waals surface area contributed by atoms with Gasteiger partial charge in [-0.2, -0.15) is 0 Å². The first-order valence-electron chi connectivity index (χ1n) is 7.18. The highest BCUT2D eigenvalue weighted by atomic mass is 16.6. The Labute approximate surface area is 114 Å². The first-order valence-corrected chi connectivity index (χ1v) is 7.18. The summed E-state index contributed by atoms with van der Waals surface area (Å²) in [5.74, 6) is 0.863. The van der Waals surface area contributed by atoms with Gasteiger partial charge in [0.2, 0.25) is 0 Å². The van der Waals surface area contributed by atoms with E-state index in [-0.39, 0.29) is 18.0 Å². The molecule has 0 spiro atoms. The van der Waals surface area contributed by atoms with Gasteiger partial charge in [0.05, 0.1) is 5.92 Å². The van der Waals surface area contributed by atoms with Crippen LogP contribution in [-0.2, 0) is 9.53 Å². The predicted molar refractivity (Wildman–Crippen MR) is 74.1 cm³/mol. The van der Waals surface area contributed by atoms with Crippen molar-refractivity contribution in [2.45, 2.75) is 45.1 Å². The molecule has 3 nitrogen and oxygen atoms in total. The van der Waals surface area contributed by atoms with E-state index in [4.69, 9.17) is 9.47 Å². The summed E-state index contributed by atoms with van der Waals surface area (Å²) in [6, 6.07) is 9.64. The average molecular weight is 262 g/mol. The van der Waals surface area contributed by atoms with Gasteiger partial charge in [-0.15, -0.1) is 0 Å². The molecule has 1 aromatic carbocycles. The first kappa shape index (κ1) is 13.9. The first-order chi connectivity index (χ1) is 9.29. The molecule has 0 aliphatic carbocycles. The van der Waals surface area contributed by atoms with Crippen LogP contribution in [0.3, 0.4) is 0 Å². The maximum absolute atomic E-state index is 11.7. The third-order valence-electron chi connectivity index (χ3n) is 3.50. The van der Waals surface area contributed by atoms with Gasteiger partial charge in [-0.1, -0.05) is 44.4 Å². The van der Waals surface area contributed by atoms with E-state index in [2.05, 4.69) is 6.92 Å². The number of carbonyl (C=O) groups excluding carboxylic acids is 1. The Morgan fingerprint density at radius 2 is 2.05 bits per heavy atom. The van der Waals surface area contributed by atoms with Gasteiger partial charge >= 0.3 is 5.97 Å². The van der Waals surface area contributed by atoms with Crippen molar-refractivity contribution in [1.29, 1.82) is 0 Å². The van der Waals surface area contributed by atoms with Crippen LogP contribution in [0.15, 0.2) is 30.3 Å². The number of esters is 1. The molecule has 1 aliphatic rings. The van der Waals surface area contributed by atoms with E-state index in [1.54, 1.807) is 0 Å². The van der Waals surface area contributed by atoms with Gasteiger partial charge in [-0.25, -0.2) is 0 Å². The van der Waals surface area contributed by atoms with E-state index in [9.17, 15) is 4.79 Å². The van der Waals surface area contributed by atoms with E-state index in [1.807, 2.05) is 30.3 Å². The minimum absolute atomic E-state index is 0.0437. The lowest BCUT2D eigenvalue weighted by Crippen LogP contribution is -2.17. The summed E-state index contributed by atoms with van der Waals surface area (Å²) in [5.41, 5.74) is 0. The van der Waals surface area contributed by atoms with Crippen molar-refractivity contribution in [2.75, 3.05) is 6.61 Å². The maximum Gasteiger partial charge on any atom is 0.309 e. The Bertz CT molecular complexity index is 388. The van der Waals surface area contributed by atoms with Crippen LogP contribution >= 0.6 is 0 Å². The fourth-order valence-corrected chi connectivity index (χ4v) is 2.41. The number of para-hydroxylation sites is 1. The van der Waals surface area contributed by atoms with E-state index in [0.29, 0.717) is 6.61 Å². The second-order valence-corrected chi connectivity index (χ2v) is 5.11. The van der Waals surface area contributed by atoms with Crippen molar-refractivity contribution in [2.24, 2.45) is 5.92 Å². The molecule has 1 heterocycles. The standard InChI is InChI=1S/C16H22O3/c1-2-3-5-8-13-11-15(19-16(13)17)12-18-14-9-6-4-7-10-14/h4,6-7,9-10,13,15H,2-3,5,8,11-12H2,1H3/t13-,15+/m0/s1. The molecule has 1 aliphatic heterocycles. The fraction of sp³-hybridized carbons (Fsp3) is 0.562. The number of carbonyl (C=O) groups is 1. The molecule has 0 amide bonds. The highest BCUT2D eigenvalue weighted by Gasteiger charge is 2.34. The maximum atomic E-state index is 11.7. The average Bonchev–Trinajstić information content (AvgIpc) is 2.79. The van der Waals surface area contributed by atoms with Crippen molar-refractivity contribution >= 4 is 5.97 Å². The molecular formula is C16H22O3. The molecule has 0 saturated carbocycles. The van der Waals surface area contributed by atoms with Crippen molar-refractivity contribution in [3.05, 3.63) is 30.3 Å². The Kier molecular flexibility index (Phi) is 5.25. The summed E-state index contributed by atoms with van der Waals surface area (Å²) >= 11 is 0. The van der Waals surface area contributed by atoms with Gasteiger partial charge in [0, 0.05) is 6.42 Å². The fourth-order valence-electron chi connectivity index (χ4n) is 2.41. The zero-order valence-electron chi connectivity index (χ0n) is 11.5. The number of benzene rings is 1. The van der Waals surface area contributed by atoms with E-state index < -0.39 is 0 Å². The molecular weight excluding hydrogens is 240 g/mol. The minimum atomic E-state index is -0.0840. The zero-order valence-corrected chi connectivity index (χ0v) is 11.5. The summed E-state index contributed by atoms with van der Waals surface area (Å²) in [6.45, 7) is 2.63. The quantitative estimate of drug-likeness (QED) is 0.556. The van der Waals surface area contributed by atoms with Crippen LogP contribution < -0.4 is 4.74 Å². The van der Waals surface area contributed by atoms with Crippen LogP contribution in [0.4, 0.5) is 0 Å². The number of hydrogen-bond acceptors (Lipinski definition) is 3. The number of rotatable bonds is 7. The van der Waals surface area contributed by atoms with Crippen molar-refractivity contribution in [1.82, 2.24) is 0 Å². The Morgan fingerprint density at radius 3 is 2.79 bits per heavy atom. The van der Waals surface area contributed by atoms with Crippen molar-refractivity contribution < 1.29 is 14.3 Å². The van der Waals surface area contributed by atoms with Gasteiger partial charge < -0.3 is 9.47 Å². The Balaban J connectivity index is 1.73. The molecule has 104 valence electrons. The van der Waals surface area contributed by atoms with E-state index in [0.717, 1.165) is 25.0 Å². The summed E-state index contributed by atoms with van der Waals surface area (Å²) < 4.78 is 11.0. The van der Waals surface area contributed by atoms with Gasteiger partial charge in [0.25, 0.3) is 0 Å². The monoisotopic (exact) mass is 262 g/mol. The normalized spacial score (nSPS) is 22.3. The van der Waals surface area contributed by atoms with Crippen molar-refractivity contribution in [3.63, 3.8) is 0 Å². The third kappa shape index (κ3) is 4.27. The molecule has 0 bridgehead atoms. The van der Waals surface area contributed by atoms with Crippen LogP contribution in [-0.4, -0.2) is 18.7 Å². The van der Waals surface area contributed by atoms with Crippen LogP contribution in [0.5, 0.6) is 5.75 Å². The van der Waals surface area contributed by atoms with Crippen LogP contribution in [0.2, 0.25) is 0 Å². The number of ether oxygens (including phenoxy) is 2. The zero-order chi connectivity index (χ0) is 13.5. The molecule has 2 atom stereocenters. The lowest BCUT2D eigenvalue weighted by Gasteiger charge is -2.10. The molecule has 0 N–H and O–H groups in total. The third-order valence-corrected chi connectivity index (χ3v) is 3.50. The minimum Gasteiger partial charge on any atom is -0.490 e. The number of hydrogen-bond donors (Lipinski definition) is 0. The van der Waals surface area contributed by atoms with E-state index >= 15 is 0 Å². The van der Waals surface area contributed by atoms with Gasteiger partial charge in [-0.3, -0.25) is 4.79 Å². The smallest absolute Gasteiger partial charge is 0.309 e. The molecule has 3 heteroatoms. The predicted octanol–water partition coefficient (Wildman–Crippen LogP) is 3.58. The SMILES string of the molecule is CCCCC[C@H]1C[C@H](COc2ccccc2)OC1=O. The Morgan fingerprint density at radius 1 is 1.26 bits per heavy atom. The van der Waals surface area contributed by atoms with Gasteiger partial charge in [0.15, 0.2) is 0 Å². The van der Waals surface area contributed by atoms with Crippen LogP contribution in [0, 0.1) is 5.92 Å². The van der Waals surface area contributed by atoms with Crippen LogP contribution in [0.1, 0.15) is 39.0 Å². The molecule has 1 saturated heterocycles. The number of unbranched alkanes of at least 4 members (excludes halogenated alkanes) is 2. The highest BCUT2D eigenvalue weighted by molar-refractivity contribution is 5.74. The summed E-state index contributed by atoms with van der Waals surface area (Å²) in [7, 11) is 0. The molecule has 2 rings (SSSR count). The molecule has 0 unspecified atom stereocenters. The van der Waals surface area contributed by atoms with Gasteiger partial charge in [-0.05, 0) is 18.6 Å². The molecule has 1 aromatic rings. The van der Waals surface area contributed by atoms with Gasteiger partial charge in [0.1, 0.15) is 18.5 Å². The largest absolute Gasteiger partial charge is 0.490 e. The van der Waals surface area contributed by atoms with E-state index in [1.165, 1.54) is 12.8 Å². The molecule has 19 heavy (non-hydrogen) atoms. The highest BCUT2D eigenvalue weighted by Crippen LogP contribution is 2.26. The second-order valence-electron chi connectivity index (χ2n) is 5.11. The second kappa shape index (κ2) is 7.17. The topological polar surface area (TPSA) is 35.5 Å². The lowest BCUT2D eigenvalue weighted by molar-refractivity contribution is -0.145. The molecule has 0 radical (unpaired) electrons. The lowest BCUT2D eigenvalue weighted by atomic mass is 9.98. The Hall–Kier alpha value is -1.51.